The van der Waals surface area contributed by atoms with Crippen LogP contribution in [0.1, 0.15) is 12.8 Å². The molecule has 0 aromatic heterocycles. The lowest BCUT2D eigenvalue weighted by Crippen LogP contribution is -2.69. The van der Waals surface area contributed by atoms with E-state index >= 15 is 0 Å². The van der Waals surface area contributed by atoms with Crippen molar-refractivity contribution in [3.8, 4) is 0 Å². The molecule has 3 heterocycles. The van der Waals surface area contributed by atoms with E-state index in [4.69, 9.17) is 62.2 Å². The van der Waals surface area contributed by atoms with Crippen molar-refractivity contribution in [2.45, 2.75) is 147 Å². The Kier molecular flexibility index (Phi) is 14.6. The Bertz CT molecular complexity index is 1240. The maximum Gasteiger partial charge on any atom is 0.253 e. The largest absolute Gasteiger partial charge is 0.394 e. The van der Waals surface area contributed by atoms with Gasteiger partial charge in [-0.3, -0.25) is 4.79 Å². The molecule has 1 amide bonds. The van der Waals surface area contributed by atoms with E-state index < -0.39 is 153 Å². The first-order valence-electron chi connectivity index (χ1n) is 17.8. The second-order valence-electron chi connectivity index (χ2n) is 14.7. The van der Waals surface area contributed by atoms with Gasteiger partial charge in [0.15, 0.2) is 24.5 Å². The minimum atomic E-state index is -1.87. The summed E-state index contributed by atoms with van der Waals surface area (Å²) in [5.41, 5.74) is 28.3. The average molecular weight is 788 g/mol. The van der Waals surface area contributed by atoms with Gasteiger partial charge in [-0.1, -0.05) is 0 Å². The first kappa shape index (κ1) is 43.7. The number of carbonyl (C=O) groups is 1. The number of aliphatic hydroxyl groups excluding tert-OH is 9. The Morgan fingerprint density at radius 3 is 1.85 bits per heavy atom. The van der Waals surface area contributed by atoms with Crippen LogP contribution in [0.25, 0.3) is 0 Å². The van der Waals surface area contributed by atoms with Gasteiger partial charge in [0.25, 0.3) is 5.91 Å². The predicted octanol–water partition coefficient (Wildman–Crippen LogP) is -11.3. The number of amides is 1. The minimum Gasteiger partial charge on any atom is -0.394 e. The molecule has 5 rings (SSSR count). The highest BCUT2D eigenvalue weighted by Crippen LogP contribution is 2.37. The third-order valence-electron chi connectivity index (χ3n) is 10.7. The lowest BCUT2D eigenvalue weighted by molar-refractivity contribution is -0.308. The number of aliphatic hydroxyl groups is 10. The van der Waals surface area contributed by atoms with Crippen LogP contribution < -0.4 is 39.3 Å². The van der Waals surface area contributed by atoms with Crippen LogP contribution in [0.2, 0.25) is 0 Å². The molecule has 0 aromatic carbocycles. The number of hydrogen-bond donors (Lipinski definition) is 17. The van der Waals surface area contributed by atoms with Crippen LogP contribution in [0, 0.1) is 0 Å². The Hall–Kier alpha value is -1.41. The third kappa shape index (κ3) is 9.00. The van der Waals surface area contributed by atoms with Gasteiger partial charge in [0, 0.05) is 38.1 Å². The zero-order valence-corrected chi connectivity index (χ0v) is 29.3. The molecule has 0 radical (unpaired) electrons. The minimum absolute atomic E-state index is 0.0259. The lowest BCUT2D eigenvalue weighted by atomic mass is 9.83. The van der Waals surface area contributed by atoms with Crippen LogP contribution in [0.3, 0.4) is 0 Å². The van der Waals surface area contributed by atoms with Gasteiger partial charge in [0.05, 0.1) is 37.4 Å². The average Bonchev–Trinajstić information content (AvgIpc) is 3.67. The van der Waals surface area contributed by atoms with Crippen molar-refractivity contribution in [3.63, 3.8) is 0 Å². The summed E-state index contributed by atoms with van der Waals surface area (Å²) < 4.78 is 35.4. The quantitative estimate of drug-likeness (QED) is 0.0732. The van der Waals surface area contributed by atoms with Gasteiger partial charge in [-0.25, -0.2) is 0 Å². The highest BCUT2D eigenvalue weighted by molar-refractivity contribution is 5.89. The smallest absolute Gasteiger partial charge is 0.253 e. The summed E-state index contributed by atoms with van der Waals surface area (Å²) >= 11 is 0. The number of hydrogen-bond acceptors (Lipinski definition) is 23. The second kappa shape index (κ2) is 18.0. The van der Waals surface area contributed by atoms with Gasteiger partial charge in [-0.2, -0.15) is 0 Å². The summed E-state index contributed by atoms with van der Waals surface area (Å²) in [6.07, 6.45) is -23.5. The molecule has 5 fully saturated rings. The molecule has 22 N–H and O–H groups in total. The number of ether oxygens (including phenoxy) is 6. The van der Waals surface area contributed by atoms with Crippen molar-refractivity contribution < 1.29 is 84.3 Å². The van der Waals surface area contributed by atoms with E-state index in [1.807, 2.05) is 0 Å². The molecule has 2 aliphatic carbocycles. The fraction of sp³-hybridized carbons (Fsp3) is 0.967. The number of nitrogens with one attached hydrogen (secondary N) is 2. The van der Waals surface area contributed by atoms with Crippen molar-refractivity contribution >= 4 is 5.91 Å². The Morgan fingerprint density at radius 1 is 0.759 bits per heavy atom. The van der Waals surface area contributed by atoms with Gasteiger partial charge in [0.1, 0.15) is 73.2 Å². The predicted molar refractivity (Wildman–Crippen MR) is 177 cm³/mol. The molecule has 3 saturated heterocycles. The zero-order valence-electron chi connectivity index (χ0n) is 29.3. The van der Waals surface area contributed by atoms with E-state index in [1.165, 1.54) is 0 Å². The molecule has 2 saturated carbocycles. The van der Waals surface area contributed by atoms with E-state index in [-0.39, 0.29) is 32.5 Å². The molecule has 24 nitrogen and oxygen atoms in total. The molecule has 22 atom stereocenters. The van der Waals surface area contributed by atoms with E-state index in [0.717, 1.165) is 0 Å². The van der Waals surface area contributed by atoms with Crippen molar-refractivity contribution in [2.75, 3.05) is 32.8 Å². The monoisotopic (exact) mass is 787 g/mol. The molecule has 0 bridgehead atoms. The van der Waals surface area contributed by atoms with Gasteiger partial charge in [0.2, 0.25) is 0 Å². The van der Waals surface area contributed by atoms with Crippen LogP contribution in [-0.4, -0.2) is 224 Å². The summed E-state index contributed by atoms with van der Waals surface area (Å²) in [4.78, 5) is 12.9. The number of rotatable bonds is 15. The molecule has 0 aromatic rings. The summed E-state index contributed by atoms with van der Waals surface area (Å²) in [5, 5.41) is 110. The van der Waals surface area contributed by atoms with Gasteiger partial charge in [-0.15, -0.1) is 0 Å². The molecule has 24 heteroatoms. The van der Waals surface area contributed by atoms with E-state index in [1.54, 1.807) is 0 Å². The van der Waals surface area contributed by atoms with Gasteiger partial charge < -0.3 is 119 Å². The molecule has 3 aliphatic heterocycles. The topological polar surface area (TPSA) is 429 Å². The second-order valence-corrected chi connectivity index (χ2v) is 14.7. The van der Waals surface area contributed by atoms with Crippen molar-refractivity contribution in [3.05, 3.63) is 0 Å². The van der Waals surface area contributed by atoms with E-state index in [2.05, 4.69) is 10.6 Å². The van der Waals surface area contributed by atoms with Crippen LogP contribution in [0.15, 0.2) is 0 Å². The summed E-state index contributed by atoms with van der Waals surface area (Å²) in [5.74, 6) is -0.876. The fourth-order valence-electron chi connectivity index (χ4n) is 7.11. The SMILES string of the molecule is NC[C@@H]1O[C@H](O[C@H]2[C@@H](O)[C@H](O[C@@H]3[C@@H](O)[C@H](NC(=O)C4(O)CC4N)C[C@H](N)[C@H]3O[C@H]3O[C@H](CNCC(O)CO)[C@@H](O)[C@H](O)[C@H]3N)O[C@@H]2CO)[C@H](N)[C@@H](O)[C@@H]1O. The van der Waals surface area contributed by atoms with Crippen LogP contribution in [0.4, 0.5) is 0 Å². The number of carbonyl (C=O) groups excluding carboxylic acids is 1. The van der Waals surface area contributed by atoms with E-state index in [9.17, 15) is 50.8 Å². The Labute approximate surface area is 309 Å². The molecule has 3 unspecified atom stereocenters. The third-order valence-corrected chi connectivity index (χ3v) is 10.7. The molecule has 5 aliphatic rings. The standard InChI is InChI=1S/C30H57N7O17/c31-3-11-18(42)20(44)15(34)26(49-11)53-24-13(7-39)51-28(22(24)46)54-25-17(41)10(37-29(47)30(48)2-14(30)33)1-9(32)23(25)52-27-16(35)21(45)19(43)12(50-27)5-36-4-8(40)6-38/h8-28,36,38-46,48H,1-7,31-35H2,(H,37,47)/t8?,9-,10+,11-,12+,13+,14?,15+,16+,17-,18+,19+,20+,21+,22+,23+,24+,25+,26+,27+,28-,30?/m0/s1. The van der Waals surface area contributed by atoms with Gasteiger partial charge in [-0.05, 0) is 6.42 Å². The summed E-state index contributed by atoms with van der Waals surface area (Å²) in [6, 6.07) is -5.85. The normalized spacial score (nSPS) is 50.1. The molecule has 314 valence electrons. The Balaban J connectivity index is 1.35. The first-order valence-corrected chi connectivity index (χ1v) is 17.8. The maximum atomic E-state index is 12.9. The highest BCUT2D eigenvalue weighted by atomic mass is 16.8. The fourth-order valence-corrected chi connectivity index (χ4v) is 7.11. The van der Waals surface area contributed by atoms with Crippen LogP contribution in [0.5, 0.6) is 0 Å². The van der Waals surface area contributed by atoms with Crippen molar-refractivity contribution in [1.82, 2.24) is 10.6 Å². The van der Waals surface area contributed by atoms with Crippen LogP contribution >= 0.6 is 0 Å². The number of nitrogens with two attached hydrogens (primary N) is 5. The lowest BCUT2D eigenvalue weighted by Gasteiger charge is -2.48. The zero-order chi connectivity index (χ0) is 39.8. The van der Waals surface area contributed by atoms with Crippen molar-refractivity contribution in [1.29, 1.82) is 0 Å². The molecule has 0 spiro atoms. The maximum absolute atomic E-state index is 12.9. The summed E-state index contributed by atoms with van der Waals surface area (Å²) in [7, 11) is 0. The highest BCUT2D eigenvalue weighted by Gasteiger charge is 2.59. The van der Waals surface area contributed by atoms with E-state index in [0.29, 0.717) is 0 Å². The molecular weight excluding hydrogens is 730 g/mol. The molecular formula is C30H57N7O17. The summed E-state index contributed by atoms with van der Waals surface area (Å²) in [6.45, 7) is -1.72. The Morgan fingerprint density at radius 2 is 1.30 bits per heavy atom. The first-order chi connectivity index (χ1) is 25.5. The molecule has 54 heavy (non-hydrogen) atoms. The van der Waals surface area contributed by atoms with Crippen LogP contribution in [-0.2, 0) is 33.2 Å². The van der Waals surface area contributed by atoms with Crippen molar-refractivity contribution in [2.24, 2.45) is 28.7 Å². The van der Waals surface area contributed by atoms with Gasteiger partial charge >= 0.3 is 0 Å².